The third kappa shape index (κ3) is 3.23. The van der Waals surface area contributed by atoms with Gasteiger partial charge in [0.25, 0.3) is 0 Å². The number of aryl methyl sites for hydroxylation is 2. The first-order valence-electron chi connectivity index (χ1n) is 5.95. The summed E-state index contributed by atoms with van der Waals surface area (Å²) < 4.78 is 5.32. The monoisotopic (exact) mass is 250 g/mol. The molecule has 2 heteroatoms. The number of hydrogen-bond acceptors (Lipinski definition) is 2. The molecule has 0 unspecified atom stereocenters. The first-order valence-corrected chi connectivity index (χ1v) is 5.95. The normalized spacial score (nSPS) is 9.74. The van der Waals surface area contributed by atoms with Crippen LogP contribution in [0, 0.1) is 26.2 Å². The molecule has 0 atom stereocenters. The second-order valence-electron chi connectivity index (χ2n) is 4.44. The molecule has 0 spiro atoms. The fraction of sp³-hybridized carbons (Fsp3) is 0.118. The van der Waals surface area contributed by atoms with Gasteiger partial charge in [0.1, 0.15) is 5.75 Å². The zero-order chi connectivity index (χ0) is 13.8. The lowest BCUT2D eigenvalue weighted by atomic mass is 10.1. The molecular formula is C17H14O2. The Kier molecular flexibility index (Phi) is 3.68. The standard InChI is InChI=1S/C17H14O2/c1-4-14-6-5-7-16(11-14)19-17(18)15-9-12(2)8-13(3)10-15/h1,5-11H,2-3H3. The minimum atomic E-state index is -0.374. The van der Waals surface area contributed by atoms with E-state index >= 15 is 0 Å². The average molecular weight is 250 g/mol. The summed E-state index contributed by atoms with van der Waals surface area (Å²) in [5.74, 6) is 2.59. The summed E-state index contributed by atoms with van der Waals surface area (Å²) in [4.78, 5) is 12.0. The van der Waals surface area contributed by atoms with Crippen molar-refractivity contribution in [1.29, 1.82) is 0 Å². The predicted molar refractivity (Wildman–Crippen MR) is 75.3 cm³/mol. The van der Waals surface area contributed by atoms with E-state index in [0.29, 0.717) is 16.9 Å². The molecule has 0 saturated carbocycles. The minimum Gasteiger partial charge on any atom is -0.423 e. The molecule has 0 radical (unpaired) electrons. The highest BCUT2D eigenvalue weighted by molar-refractivity contribution is 5.91. The SMILES string of the molecule is C#Cc1cccc(OC(=O)c2cc(C)cc(C)c2)c1. The molecule has 2 nitrogen and oxygen atoms in total. The topological polar surface area (TPSA) is 26.3 Å². The zero-order valence-corrected chi connectivity index (χ0v) is 10.9. The van der Waals surface area contributed by atoms with Crippen molar-refractivity contribution in [2.75, 3.05) is 0 Å². The van der Waals surface area contributed by atoms with E-state index in [1.807, 2.05) is 19.9 Å². The van der Waals surface area contributed by atoms with Crippen LogP contribution in [0.1, 0.15) is 27.0 Å². The van der Waals surface area contributed by atoms with Gasteiger partial charge >= 0.3 is 5.97 Å². The Morgan fingerprint density at radius 3 is 2.42 bits per heavy atom. The van der Waals surface area contributed by atoms with Gasteiger partial charge < -0.3 is 4.74 Å². The number of rotatable bonds is 2. The Balaban J connectivity index is 2.23. The Bertz CT molecular complexity index is 643. The Labute approximate surface area is 113 Å². The molecule has 0 aromatic heterocycles. The van der Waals surface area contributed by atoms with Gasteiger partial charge in [-0.2, -0.15) is 0 Å². The van der Waals surface area contributed by atoms with E-state index in [0.717, 1.165) is 11.1 Å². The van der Waals surface area contributed by atoms with Gasteiger partial charge in [0.05, 0.1) is 5.56 Å². The summed E-state index contributed by atoms with van der Waals surface area (Å²) in [5, 5.41) is 0. The number of hydrogen-bond donors (Lipinski definition) is 0. The van der Waals surface area contributed by atoms with Crippen molar-refractivity contribution in [1.82, 2.24) is 0 Å². The molecule has 2 aromatic carbocycles. The summed E-state index contributed by atoms with van der Waals surface area (Å²) in [6, 6.07) is 12.5. The molecule has 0 aliphatic heterocycles. The van der Waals surface area contributed by atoms with Crippen LogP contribution in [-0.2, 0) is 0 Å². The zero-order valence-electron chi connectivity index (χ0n) is 10.9. The number of ether oxygens (including phenoxy) is 1. The highest BCUT2D eigenvalue weighted by atomic mass is 16.5. The molecule has 0 heterocycles. The first kappa shape index (κ1) is 12.9. The van der Waals surface area contributed by atoms with Crippen LogP contribution in [-0.4, -0.2) is 5.97 Å². The van der Waals surface area contributed by atoms with Gasteiger partial charge in [-0.25, -0.2) is 4.79 Å². The summed E-state index contributed by atoms with van der Waals surface area (Å²) in [6.07, 6.45) is 5.31. The van der Waals surface area contributed by atoms with Crippen LogP contribution in [0.3, 0.4) is 0 Å². The van der Waals surface area contributed by atoms with E-state index in [1.54, 1.807) is 36.4 Å². The number of terminal acetylenes is 1. The highest BCUT2D eigenvalue weighted by Crippen LogP contribution is 2.16. The van der Waals surface area contributed by atoms with E-state index in [1.165, 1.54) is 0 Å². The van der Waals surface area contributed by atoms with Gasteiger partial charge in [-0.05, 0) is 44.2 Å². The lowest BCUT2D eigenvalue weighted by molar-refractivity contribution is 0.0734. The smallest absolute Gasteiger partial charge is 0.343 e. The van der Waals surface area contributed by atoms with Crippen molar-refractivity contribution < 1.29 is 9.53 Å². The van der Waals surface area contributed by atoms with Crippen LogP contribution in [0.15, 0.2) is 42.5 Å². The maximum atomic E-state index is 12.0. The summed E-state index contributed by atoms with van der Waals surface area (Å²) in [7, 11) is 0. The maximum Gasteiger partial charge on any atom is 0.343 e. The Morgan fingerprint density at radius 2 is 1.79 bits per heavy atom. The molecule has 0 N–H and O–H groups in total. The number of carbonyl (C=O) groups is 1. The lowest BCUT2D eigenvalue weighted by Gasteiger charge is -2.06. The van der Waals surface area contributed by atoms with E-state index in [9.17, 15) is 4.79 Å². The van der Waals surface area contributed by atoms with E-state index in [4.69, 9.17) is 11.2 Å². The van der Waals surface area contributed by atoms with Crippen LogP contribution >= 0.6 is 0 Å². The van der Waals surface area contributed by atoms with Gasteiger partial charge in [-0.15, -0.1) is 6.42 Å². The first-order chi connectivity index (χ1) is 9.08. The van der Waals surface area contributed by atoms with Gasteiger partial charge in [-0.1, -0.05) is 29.2 Å². The second kappa shape index (κ2) is 5.41. The van der Waals surface area contributed by atoms with Crippen LogP contribution in [0.2, 0.25) is 0 Å². The van der Waals surface area contributed by atoms with Crippen molar-refractivity contribution in [3.05, 3.63) is 64.7 Å². The van der Waals surface area contributed by atoms with Crippen molar-refractivity contribution in [2.45, 2.75) is 13.8 Å². The van der Waals surface area contributed by atoms with Crippen molar-refractivity contribution in [3.63, 3.8) is 0 Å². The largest absolute Gasteiger partial charge is 0.423 e. The lowest BCUT2D eigenvalue weighted by Crippen LogP contribution is -2.09. The molecule has 0 saturated heterocycles. The number of benzene rings is 2. The van der Waals surface area contributed by atoms with Gasteiger partial charge in [0.2, 0.25) is 0 Å². The molecule has 0 amide bonds. The van der Waals surface area contributed by atoms with Crippen LogP contribution in [0.25, 0.3) is 0 Å². The van der Waals surface area contributed by atoms with Gasteiger partial charge in [0.15, 0.2) is 0 Å². The van der Waals surface area contributed by atoms with Crippen LogP contribution in [0.5, 0.6) is 5.75 Å². The molecule has 94 valence electrons. The van der Waals surface area contributed by atoms with E-state index in [2.05, 4.69) is 5.92 Å². The summed E-state index contributed by atoms with van der Waals surface area (Å²) >= 11 is 0. The van der Waals surface area contributed by atoms with Crippen molar-refractivity contribution in [2.24, 2.45) is 0 Å². The third-order valence-electron chi connectivity index (χ3n) is 2.67. The Morgan fingerprint density at radius 1 is 1.11 bits per heavy atom. The maximum absolute atomic E-state index is 12.0. The molecule has 0 bridgehead atoms. The van der Waals surface area contributed by atoms with Crippen molar-refractivity contribution in [3.8, 4) is 18.1 Å². The second-order valence-corrected chi connectivity index (χ2v) is 4.44. The molecule has 2 aromatic rings. The molecule has 0 aliphatic rings. The van der Waals surface area contributed by atoms with Crippen LogP contribution < -0.4 is 4.74 Å². The molecule has 0 fully saturated rings. The molecule has 0 aliphatic carbocycles. The van der Waals surface area contributed by atoms with Crippen molar-refractivity contribution >= 4 is 5.97 Å². The van der Waals surface area contributed by atoms with Crippen LogP contribution in [0.4, 0.5) is 0 Å². The predicted octanol–water partition coefficient (Wildman–Crippen LogP) is 3.50. The molecule has 19 heavy (non-hydrogen) atoms. The summed E-state index contributed by atoms with van der Waals surface area (Å²) in [6.45, 7) is 3.89. The van der Waals surface area contributed by atoms with E-state index in [-0.39, 0.29) is 5.97 Å². The average Bonchev–Trinajstić information content (AvgIpc) is 2.37. The fourth-order valence-electron chi connectivity index (χ4n) is 1.91. The van der Waals surface area contributed by atoms with Gasteiger partial charge in [0, 0.05) is 5.56 Å². The quantitative estimate of drug-likeness (QED) is 0.463. The number of carbonyl (C=O) groups excluding carboxylic acids is 1. The third-order valence-corrected chi connectivity index (χ3v) is 2.67. The number of esters is 1. The molecular weight excluding hydrogens is 236 g/mol. The summed E-state index contributed by atoms with van der Waals surface area (Å²) in [5.41, 5.74) is 3.29. The Hall–Kier alpha value is -2.53. The van der Waals surface area contributed by atoms with E-state index < -0.39 is 0 Å². The minimum absolute atomic E-state index is 0.374. The van der Waals surface area contributed by atoms with Gasteiger partial charge in [-0.3, -0.25) is 0 Å². The molecule has 2 rings (SSSR count). The highest BCUT2D eigenvalue weighted by Gasteiger charge is 2.09. The fourth-order valence-corrected chi connectivity index (χ4v) is 1.91.